The summed E-state index contributed by atoms with van der Waals surface area (Å²) >= 11 is 0. The van der Waals surface area contributed by atoms with Gasteiger partial charge in [-0.2, -0.15) is 0 Å². The van der Waals surface area contributed by atoms with Crippen molar-refractivity contribution >= 4 is 21.8 Å². The SMILES string of the molecule is CCCCCCCCC(C)(C)c1ccc(OCOC)c(-n2c3ccccc3c3ccccc32)c1. The Bertz CT molecular complexity index is 1170. The first-order valence-electron chi connectivity index (χ1n) is 12.8. The van der Waals surface area contributed by atoms with Crippen LogP contribution in [0.1, 0.15) is 71.3 Å². The standard InChI is InChI=1S/C31H39NO2/c1-5-6-7-8-9-14-21-31(2,3)24-19-20-30(34-23-33-4)29(22-24)32-27-17-12-10-15-25(27)26-16-11-13-18-28(26)32/h10-13,15-20,22H,5-9,14,21,23H2,1-4H3. The Hall–Kier alpha value is -2.78. The highest BCUT2D eigenvalue weighted by molar-refractivity contribution is 6.09. The van der Waals surface area contributed by atoms with Gasteiger partial charge >= 0.3 is 0 Å². The molecule has 34 heavy (non-hydrogen) atoms. The van der Waals surface area contributed by atoms with Crippen LogP contribution in [0.15, 0.2) is 66.7 Å². The molecule has 0 N–H and O–H groups in total. The first-order chi connectivity index (χ1) is 16.6. The summed E-state index contributed by atoms with van der Waals surface area (Å²) in [4.78, 5) is 0. The largest absolute Gasteiger partial charge is 0.465 e. The Labute approximate surface area is 204 Å². The number of aromatic nitrogens is 1. The lowest BCUT2D eigenvalue weighted by Gasteiger charge is -2.27. The summed E-state index contributed by atoms with van der Waals surface area (Å²) in [5.74, 6) is 0.840. The summed E-state index contributed by atoms with van der Waals surface area (Å²) in [5.41, 5.74) is 4.90. The van der Waals surface area contributed by atoms with Crippen LogP contribution in [0.5, 0.6) is 5.75 Å². The average Bonchev–Trinajstić information content (AvgIpc) is 3.19. The van der Waals surface area contributed by atoms with Crippen LogP contribution in [0.4, 0.5) is 0 Å². The Kier molecular flexibility index (Phi) is 7.95. The number of ether oxygens (including phenoxy) is 2. The fraction of sp³-hybridized carbons (Fsp3) is 0.419. The van der Waals surface area contributed by atoms with E-state index in [9.17, 15) is 0 Å². The van der Waals surface area contributed by atoms with Crippen molar-refractivity contribution in [3.63, 3.8) is 0 Å². The van der Waals surface area contributed by atoms with Gasteiger partial charge in [0.25, 0.3) is 0 Å². The molecule has 0 fully saturated rings. The van der Waals surface area contributed by atoms with Gasteiger partial charge in [0.15, 0.2) is 6.79 Å². The van der Waals surface area contributed by atoms with E-state index in [1.165, 1.54) is 72.3 Å². The number of para-hydroxylation sites is 2. The van der Waals surface area contributed by atoms with Crippen LogP contribution in [0.3, 0.4) is 0 Å². The maximum atomic E-state index is 6.07. The van der Waals surface area contributed by atoms with Gasteiger partial charge in [-0.25, -0.2) is 0 Å². The smallest absolute Gasteiger partial charge is 0.188 e. The molecule has 0 bridgehead atoms. The molecule has 0 spiro atoms. The van der Waals surface area contributed by atoms with Crippen LogP contribution < -0.4 is 4.74 Å². The third-order valence-electron chi connectivity index (χ3n) is 7.05. The first-order valence-corrected chi connectivity index (χ1v) is 12.8. The maximum absolute atomic E-state index is 6.07. The Morgan fingerprint density at radius 1 is 0.765 bits per heavy atom. The summed E-state index contributed by atoms with van der Waals surface area (Å²) in [6, 6.07) is 23.9. The van der Waals surface area contributed by atoms with Crippen molar-refractivity contribution in [2.75, 3.05) is 13.9 Å². The number of methoxy groups -OCH3 is 1. The highest BCUT2D eigenvalue weighted by atomic mass is 16.7. The molecule has 3 aromatic carbocycles. The number of rotatable bonds is 12. The van der Waals surface area contributed by atoms with Gasteiger partial charge in [-0.1, -0.05) is 102 Å². The minimum atomic E-state index is 0.0953. The van der Waals surface area contributed by atoms with Crippen molar-refractivity contribution in [2.45, 2.75) is 71.1 Å². The van der Waals surface area contributed by atoms with E-state index in [0.717, 1.165) is 11.4 Å². The zero-order valence-electron chi connectivity index (χ0n) is 21.3. The molecule has 1 heterocycles. The number of fused-ring (bicyclic) bond motifs is 3. The fourth-order valence-corrected chi connectivity index (χ4v) is 5.03. The predicted octanol–water partition coefficient (Wildman–Crippen LogP) is 8.79. The van der Waals surface area contributed by atoms with Crippen LogP contribution in [0.2, 0.25) is 0 Å². The van der Waals surface area contributed by atoms with Crippen molar-refractivity contribution in [1.82, 2.24) is 4.57 Å². The molecule has 0 aliphatic carbocycles. The second kappa shape index (κ2) is 11.1. The summed E-state index contributed by atoms with van der Waals surface area (Å²) in [7, 11) is 1.66. The van der Waals surface area contributed by atoms with E-state index in [1.54, 1.807) is 7.11 Å². The fourth-order valence-electron chi connectivity index (χ4n) is 5.03. The number of benzene rings is 3. The molecule has 0 saturated carbocycles. The third kappa shape index (κ3) is 5.15. The monoisotopic (exact) mass is 457 g/mol. The minimum Gasteiger partial charge on any atom is -0.465 e. The van der Waals surface area contributed by atoms with Gasteiger partial charge < -0.3 is 14.0 Å². The molecule has 3 heteroatoms. The van der Waals surface area contributed by atoms with E-state index < -0.39 is 0 Å². The predicted molar refractivity (Wildman–Crippen MR) is 144 cm³/mol. The average molecular weight is 458 g/mol. The number of nitrogens with zero attached hydrogens (tertiary/aromatic N) is 1. The van der Waals surface area contributed by atoms with Crippen LogP contribution >= 0.6 is 0 Å². The molecule has 0 aliphatic rings. The van der Waals surface area contributed by atoms with E-state index >= 15 is 0 Å². The summed E-state index contributed by atoms with van der Waals surface area (Å²) in [6.45, 7) is 7.25. The van der Waals surface area contributed by atoms with Crippen LogP contribution in [-0.2, 0) is 10.2 Å². The van der Waals surface area contributed by atoms with E-state index in [0.29, 0.717) is 0 Å². The highest BCUT2D eigenvalue weighted by Crippen LogP contribution is 2.38. The van der Waals surface area contributed by atoms with Crippen LogP contribution in [0, 0.1) is 0 Å². The molecule has 4 aromatic rings. The first kappa shape index (κ1) is 24.3. The van der Waals surface area contributed by atoms with Crippen molar-refractivity contribution in [1.29, 1.82) is 0 Å². The molecule has 4 rings (SSSR count). The molecule has 0 radical (unpaired) electrons. The lowest BCUT2D eigenvalue weighted by molar-refractivity contribution is 0.0511. The molecule has 180 valence electrons. The summed E-state index contributed by atoms with van der Waals surface area (Å²) in [5, 5.41) is 2.51. The molecule has 3 nitrogen and oxygen atoms in total. The van der Waals surface area contributed by atoms with E-state index in [-0.39, 0.29) is 12.2 Å². The number of unbranched alkanes of at least 4 members (excludes halogenated alkanes) is 5. The van der Waals surface area contributed by atoms with Crippen molar-refractivity contribution in [2.24, 2.45) is 0 Å². The lowest BCUT2D eigenvalue weighted by atomic mass is 9.79. The Morgan fingerprint density at radius 3 is 2.03 bits per heavy atom. The van der Waals surface area contributed by atoms with Gasteiger partial charge in [-0.05, 0) is 41.7 Å². The Balaban J connectivity index is 1.74. The molecule has 0 amide bonds. The second-order valence-electron chi connectivity index (χ2n) is 10.0. The second-order valence-corrected chi connectivity index (χ2v) is 10.0. The van der Waals surface area contributed by atoms with Crippen LogP contribution in [-0.4, -0.2) is 18.5 Å². The molecule has 0 unspecified atom stereocenters. The maximum Gasteiger partial charge on any atom is 0.188 e. The van der Waals surface area contributed by atoms with Gasteiger partial charge in [0.1, 0.15) is 5.75 Å². The molecule has 0 aliphatic heterocycles. The van der Waals surface area contributed by atoms with E-state index in [1.807, 2.05) is 0 Å². The Morgan fingerprint density at radius 2 is 1.38 bits per heavy atom. The highest BCUT2D eigenvalue weighted by Gasteiger charge is 2.23. The topological polar surface area (TPSA) is 23.4 Å². The molecular formula is C31H39NO2. The van der Waals surface area contributed by atoms with Gasteiger partial charge in [-0.15, -0.1) is 0 Å². The van der Waals surface area contributed by atoms with Gasteiger partial charge in [0.05, 0.1) is 16.7 Å². The molecule has 0 saturated heterocycles. The van der Waals surface area contributed by atoms with Crippen LogP contribution in [0.25, 0.3) is 27.5 Å². The van der Waals surface area contributed by atoms with Crippen molar-refractivity contribution in [3.05, 3.63) is 72.3 Å². The number of hydrogen-bond acceptors (Lipinski definition) is 2. The van der Waals surface area contributed by atoms with Gasteiger partial charge in [0, 0.05) is 17.9 Å². The quantitative estimate of drug-likeness (QED) is 0.157. The van der Waals surface area contributed by atoms with E-state index in [4.69, 9.17) is 9.47 Å². The lowest BCUT2D eigenvalue weighted by Crippen LogP contribution is -2.18. The zero-order valence-corrected chi connectivity index (χ0v) is 21.3. The molecule has 0 atom stereocenters. The molecule has 1 aromatic heterocycles. The van der Waals surface area contributed by atoms with Crippen molar-refractivity contribution in [3.8, 4) is 11.4 Å². The van der Waals surface area contributed by atoms with Gasteiger partial charge in [0.2, 0.25) is 0 Å². The zero-order chi connectivity index (χ0) is 24.0. The normalized spacial score (nSPS) is 12.0. The number of hydrogen-bond donors (Lipinski definition) is 0. The van der Waals surface area contributed by atoms with E-state index in [2.05, 4.69) is 92.1 Å². The third-order valence-corrected chi connectivity index (χ3v) is 7.05. The van der Waals surface area contributed by atoms with Gasteiger partial charge in [-0.3, -0.25) is 0 Å². The van der Waals surface area contributed by atoms with Crippen molar-refractivity contribution < 1.29 is 9.47 Å². The summed E-state index contributed by atoms with van der Waals surface area (Å²) in [6.07, 6.45) is 9.13. The molecular weight excluding hydrogens is 418 g/mol. The minimum absolute atomic E-state index is 0.0953. The summed E-state index contributed by atoms with van der Waals surface area (Å²) < 4.78 is 13.7.